The van der Waals surface area contributed by atoms with Gasteiger partial charge >= 0.3 is 7.12 Å². The molecule has 4 rings (SSSR count). The lowest BCUT2D eigenvalue weighted by Crippen LogP contribution is -2.65. The number of aliphatic imine (C=N–C) groups is 1. The Morgan fingerprint density at radius 2 is 1.60 bits per heavy atom. The van der Waals surface area contributed by atoms with Crippen molar-refractivity contribution < 1.29 is 28.7 Å². The summed E-state index contributed by atoms with van der Waals surface area (Å²) in [5.41, 5.74) is 12.4. The van der Waals surface area contributed by atoms with Crippen LogP contribution in [0.4, 0.5) is 0 Å². The average Bonchev–Trinajstić information content (AvgIpc) is 3.35. The van der Waals surface area contributed by atoms with Crippen molar-refractivity contribution in [2.45, 2.75) is 155 Å². The normalized spacial score (nSPS) is 25.6. The van der Waals surface area contributed by atoms with Gasteiger partial charge in [-0.3, -0.25) is 14.4 Å². The van der Waals surface area contributed by atoms with E-state index < -0.39 is 18.1 Å². The zero-order valence-corrected chi connectivity index (χ0v) is 30.0. The first-order valence-corrected chi connectivity index (χ1v) is 18.3. The van der Waals surface area contributed by atoms with Crippen LogP contribution in [0.3, 0.4) is 0 Å². The molecule has 2 bridgehead atoms. The topological polar surface area (TPSA) is 201 Å². The van der Waals surface area contributed by atoms with Crippen LogP contribution in [0, 0.1) is 39.2 Å². The summed E-state index contributed by atoms with van der Waals surface area (Å²) in [6, 6.07) is 0. The Bertz CT molecular complexity index is 1140. The fourth-order valence-electron chi connectivity index (χ4n) is 8.17. The van der Waals surface area contributed by atoms with E-state index >= 15 is 0 Å². The van der Waals surface area contributed by atoms with Crippen molar-refractivity contribution in [1.29, 1.82) is 0 Å². The zero-order chi connectivity index (χ0) is 35.5. The first-order chi connectivity index (χ1) is 22.6. The molecule has 48 heavy (non-hydrogen) atoms. The Kier molecular flexibility index (Phi) is 15.1. The van der Waals surface area contributed by atoms with Crippen LogP contribution in [-0.2, 0) is 23.7 Å². The smallest absolute Gasteiger partial charge is 0.404 e. The number of nitrogens with zero attached hydrogens (tertiary/aromatic N) is 2. The van der Waals surface area contributed by atoms with Gasteiger partial charge in [-0.25, -0.2) is 15.1 Å². The van der Waals surface area contributed by atoms with E-state index in [-0.39, 0.29) is 65.5 Å². The van der Waals surface area contributed by atoms with E-state index in [2.05, 4.69) is 44.9 Å². The highest BCUT2D eigenvalue weighted by Crippen LogP contribution is 2.65. The molecule has 0 aromatic heterocycles. The van der Waals surface area contributed by atoms with E-state index in [0.717, 1.165) is 64.2 Å². The molecule has 1 heterocycles. The number of hydrogen-bond acceptors (Lipinski definition) is 8. The summed E-state index contributed by atoms with van der Waals surface area (Å²) in [7, 11) is -0.557. The third kappa shape index (κ3) is 11.4. The molecule has 272 valence electrons. The predicted molar refractivity (Wildman–Crippen MR) is 186 cm³/mol. The number of nitro groups is 1. The molecule has 0 spiro atoms. The average molecular weight is 677 g/mol. The summed E-state index contributed by atoms with van der Waals surface area (Å²) in [6.45, 7) is 11.2. The lowest BCUT2D eigenvalue weighted by molar-refractivity contribution is -0.525. The third-order valence-electron chi connectivity index (χ3n) is 11.0. The van der Waals surface area contributed by atoms with Crippen LogP contribution in [0.5, 0.6) is 0 Å². The molecule has 4 fully saturated rings. The molecular weight excluding hydrogens is 615 g/mol. The van der Waals surface area contributed by atoms with E-state index in [1.807, 2.05) is 5.43 Å². The molecule has 0 radical (unpaired) electrons. The Balaban J connectivity index is 1.55. The Morgan fingerprint density at radius 1 is 0.979 bits per heavy atom. The second-order valence-corrected chi connectivity index (χ2v) is 15.6. The minimum absolute atomic E-state index is 0.00106. The van der Waals surface area contributed by atoms with E-state index in [0.29, 0.717) is 43.9 Å². The van der Waals surface area contributed by atoms with Crippen LogP contribution in [-0.4, -0.2) is 59.9 Å². The van der Waals surface area contributed by atoms with Gasteiger partial charge in [0.25, 0.3) is 5.96 Å². The summed E-state index contributed by atoms with van der Waals surface area (Å²) in [5.74, 6) is -0.321. The quantitative estimate of drug-likeness (QED) is 0.0297. The molecule has 3 saturated carbocycles. The lowest BCUT2D eigenvalue weighted by Gasteiger charge is -2.64. The number of carbonyl (C=O) groups excluding carboxylic acids is 3. The van der Waals surface area contributed by atoms with Gasteiger partial charge in [0.2, 0.25) is 11.8 Å². The lowest BCUT2D eigenvalue weighted by atomic mass is 9.43. The molecule has 13 nitrogen and oxygen atoms in total. The number of rotatable bonds is 23. The molecule has 6 N–H and O–H groups in total. The largest absolute Gasteiger partial charge is 0.481 e. The first kappa shape index (κ1) is 39.7. The van der Waals surface area contributed by atoms with Gasteiger partial charge in [-0.05, 0) is 75.0 Å². The second-order valence-electron chi connectivity index (χ2n) is 15.6. The molecule has 0 aromatic carbocycles. The van der Waals surface area contributed by atoms with Crippen LogP contribution in [0.25, 0.3) is 0 Å². The summed E-state index contributed by atoms with van der Waals surface area (Å²) >= 11 is 0. The van der Waals surface area contributed by atoms with Gasteiger partial charge in [0.05, 0.1) is 17.6 Å². The number of hydrazine groups is 1. The number of unbranched alkanes of at least 4 members (excludes halogenated alkanes) is 7. The minimum atomic E-state index is -0.774. The van der Waals surface area contributed by atoms with Crippen molar-refractivity contribution in [1.82, 2.24) is 10.7 Å². The van der Waals surface area contributed by atoms with Crippen molar-refractivity contribution in [2.24, 2.45) is 45.5 Å². The molecule has 1 saturated heterocycles. The number of guanidine groups is 1. The number of carbonyl (C=O) groups is 3. The monoisotopic (exact) mass is 676 g/mol. The van der Waals surface area contributed by atoms with Crippen LogP contribution < -0.4 is 22.2 Å². The maximum Gasteiger partial charge on any atom is 0.481 e. The van der Waals surface area contributed by atoms with E-state index in [9.17, 15) is 24.5 Å². The second kappa shape index (κ2) is 18.3. The Labute approximate surface area is 287 Å². The summed E-state index contributed by atoms with van der Waals surface area (Å²) in [6.07, 6.45) is 12.5. The summed E-state index contributed by atoms with van der Waals surface area (Å²) in [5, 5.41) is 13.1. The number of nitrogens with two attached hydrogens (primary N) is 2. The first-order valence-electron chi connectivity index (χ1n) is 18.3. The zero-order valence-electron chi connectivity index (χ0n) is 30.0. The van der Waals surface area contributed by atoms with E-state index in [1.54, 1.807) is 0 Å². The van der Waals surface area contributed by atoms with Gasteiger partial charge < -0.3 is 26.1 Å². The van der Waals surface area contributed by atoms with E-state index in [1.165, 1.54) is 0 Å². The number of Topliss-reactive ketones (excluding diaryl/α,β-unsaturated/α-hetero) is 1. The predicted octanol–water partition coefficient (Wildman–Crippen LogP) is 4.62. The maximum absolute atomic E-state index is 13.9. The maximum atomic E-state index is 13.9. The molecule has 2 amide bonds. The van der Waals surface area contributed by atoms with Gasteiger partial charge in [-0.15, -0.1) is 0 Å². The van der Waals surface area contributed by atoms with E-state index in [4.69, 9.17) is 20.8 Å². The molecule has 4 aliphatic rings. The van der Waals surface area contributed by atoms with Crippen molar-refractivity contribution >= 4 is 30.7 Å². The number of amides is 2. The number of hydrogen-bond donors (Lipinski definition) is 4. The van der Waals surface area contributed by atoms with Crippen LogP contribution >= 0.6 is 0 Å². The van der Waals surface area contributed by atoms with Gasteiger partial charge in [-0.2, -0.15) is 0 Å². The number of ketones is 1. The SMILES string of the molecule is CC(C)C[C@H](NC(=O)[C@H](CCCN=C(N)N[N+](=O)[O-])CC(=O)CCCCCCCCCCC(N)=O)B1O[C@@H]2C[C@H]3C[C@H](C3(C)C)[C@]2(C)O1. The fraction of sp³-hybridized carbons (Fsp3) is 0.882. The molecule has 1 aliphatic heterocycles. The molecule has 6 atom stereocenters. The van der Waals surface area contributed by atoms with Gasteiger partial charge in [0, 0.05) is 31.7 Å². The highest BCUT2D eigenvalue weighted by Gasteiger charge is 2.68. The molecular formula is C34H61BN6O7. The Morgan fingerprint density at radius 3 is 2.19 bits per heavy atom. The highest BCUT2D eigenvalue weighted by molar-refractivity contribution is 6.47. The molecule has 0 unspecified atom stereocenters. The van der Waals surface area contributed by atoms with Gasteiger partial charge in [0.1, 0.15) is 5.78 Å². The van der Waals surface area contributed by atoms with Gasteiger partial charge in [-0.1, -0.05) is 71.6 Å². The minimum Gasteiger partial charge on any atom is -0.404 e. The molecule has 14 heteroatoms. The fourth-order valence-corrected chi connectivity index (χ4v) is 8.17. The van der Waals surface area contributed by atoms with Crippen molar-refractivity contribution in [3.8, 4) is 0 Å². The summed E-state index contributed by atoms with van der Waals surface area (Å²) < 4.78 is 13.3. The number of nitrogens with one attached hydrogen (secondary N) is 2. The molecule has 0 aromatic rings. The van der Waals surface area contributed by atoms with Crippen LogP contribution in [0.15, 0.2) is 4.99 Å². The highest BCUT2D eigenvalue weighted by atomic mass is 16.7. The van der Waals surface area contributed by atoms with Crippen LogP contribution in [0.1, 0.15) is 137 Å². The van der Waals surface area contributed by atoms with Crippen molar-refractivity contribution in [3.05, 3.63) is 10.1 Å². The summed E-state index contributed by atoms with van der Waals surface area (Å²) in [4.78, 5) is 52.4. The van der Waals surface area contributed by atoms with Gasteiger partial charge in [0.15, 0.2) is 5.03 Å². The van der Waals surface area contributed by atoms with Crippen molar-refractivity contribution in [2.75, 3.05) is 6.54 Å². The third-order valence-corrected chi connectivity index (χ3v) is 11.0. The molecule has 3 aliphatic carbocycles. The standard InChI is InChI=1S/C34H61BN6O7/c1-23(2)19-29(35-47-28-22-25-21-27(33(25,3)4)34(28,5)48-35)39-31(44)24(15-14-18-38-32(37)40-41(45)46)20-26(42)16-12-10-8-6-7-9-11-13-17-30(36)43/h23-25,27-29H,6-22H2,1-5H3,(H2,36,43)(H,39,44)(H3,37,38,40)/t24-,25-,27-,28-,29+,34+/m1/s1. The van der Waals surface area contributed by atoms with Crippen LogP contribution in [0.2, 0.25) is 0 Å². The van der Waals surface area contributed by atoms with Crippen molar-refractivity contribution in [3.63, 3.8) is 0 Å². The Hall–Kier alpha value is -2.74. The number of primary amides is 1.